The van der Waals surface area contributed by atoms with Crippen LogP contribution >= 0.6 is 35.0 Å². The van der Waals surface area contributed by atoms with Crippen LogP contribution in [0.3, 0.4) is 0 Å². The van der Waals surface area contributed by atoms with E-state index in [4.69, 9.17) is 32.7 Å². The molecule has 1 atom stereocenters. The molecule has 0 bridgehead atoms. The molecule has 0 radical (unpaired) electrons. The van der Waals surface area contributed by atoms with Gasteiger partial charge in [0.05, 0.1) is 24.9 Å². The van der Waals surface area contributed by atoms with E-state index in [9.17, 15) is 9.59 Å². The topological polar surface area (TPSA) is 76.7 Å². The third-order valence-corrected chi connectivity index (χ3v) is 7.33. The third-order valence-electron chi connectivity index (χ3n) is 5.52. The second-order valence-corrected chi connectivity index (χ2v) is 10.1. The molecule has 4 aromatic rings. The molecule has 9 heteroatoms. The molecular formula is C29H24Cl2N2O4S. The lowest BCUT2D eigenvalue weighted by Crippen LogP contribution is -2.19. The van der Waals surface area contributed by atoms with Gasteiger partial charge in [-0.2, -0.15) is 0 Å². The molecule has 0 heterocycles. The van der Waals surface area contributed by atoms with Gasteiger partial charge in [0.25, 0.3) is 5.91 Å². The average Bonchev–Trinajstić information content (AvgIpc) is 2.93. The number of carbonyl (C=O) groups excluding carboxylic acids is 2. The number of rotatable bonds is 9. The van der Waals surface area contributed by atoms with Crippen LogP contribution in [0.15, 0.2) is 95.9 Å². The summed E-state index contributed by atoms with van der Waals surface area (Å²) in [5.41, 5.74) is 2.25. The summed E-state index contributed by atoms with van der Waals surface area (Å²) in [5.74, 6) is 0.430. The third kappa shape index (κ3) is 6.81. The van der Waals surface area contributed by atoms with E-state index in [0.29, 0.717) is 38.5 Å². The van der Waals surface area contributed by atoms with E-state index in [-0.39, 0.29) is 11.8 Å². The summed E-state index contributed by atoms with van der Waals surface area (Å²) in [7, 11) is 3.05. The van der Waals surface area contributed by atoms with Crippen LogP contribution in [0.25, 0.3) is 0 Å². The summed E-state index contributed by atoms with van der Waals surface area (Å²) in [6.07, 6.45) is 0. The summed E-state index contributed by atoms with van der Waals surface area (Å²) >= 11 is 13.7. The van der Waals surface area contributed by atoms with Gasteiger partial charge >= 0.3 is 0 Å². The van der Waals surface area contributed by atoms with E-state index in [1.165, 1.54) is 26.0 Å². The van der Waals surface area contributed by atoms with Gasteiger partial charge in [0.2, 0.25) is 5.91 Å². The monoisotopic (exact) mass is 566 g/mol. The van der Waals surface area contributed by atoms with Crippen molar-refractivity contribution in [3.63, 3.8) is 0 Å². The van der Waals surface area contributed by atoms with Gasteiger partial charge in [0, 0.05) is 21.2 Å². The van der Waals surface area contributed by atoms with Crippen molar-refractivity contribution < 1.29 is 19.1 Å². The van der Waals surface area contributed by atoms with Crippen LogP contribution in [0.1, 0.15) is 21.2 Å². The van der Waals surface area contributed by atoms with E-state index < -0.39 is 5.25 Å². The first-order valence-electron chi connectivity index (χ1n) is 11.5. The fourth-order valence-electron chi connectivity index (χ4n) is 3.66. The number of amides is 2. The highest BCUT2D eigenvalue weighted by Gasteiger charge is 2.23. The molecule has 0 spiro atoms. The zero-order valence-corrected chi connectivity index (χ0v) is 22.9. The van der Waals surface area contributed by atoms with Gasteiger partial charge in [-0.1, -0.05) is 59.6 Å². The molecule has 4 aromatic carbocycles. The maximum atomic E-state index is 13.4. The molecule has 38 heavy (non-hydrogen) atoms. The van der Waals surface area contributed by atoms with Crippen LogP contribution in [0.4, 0.5) is 11.4 Å². The second-order valence-electron chi connectivity index (χ2n) is 8.07. The molecule has 0 aromatic heterocycles. The minimum Gasteiger partial charge on any atom is -0.493 e. The van der Waals surface area contributed by atoms with Crippen molar-refractivity contribution in [1.82, 2.24) is 0 Å². The Labute approximate surface area is 235 Å². The number of methoxy groups -OCH3 is 2. The first-order valence-corrected chi connectivity index (χ1v) is 13.1. The Morgan fingerprint density at radius 3 is 2.29 bits per heavy atom. The highest BCUT2D eigenvalue weighted by atomic mass is 35.5. The number of thioether (sulfide) groups is 1. The largest absolute Gasteiger partial charge is 0.493 e. The molecule has 2 amide bonds. The number of halogens is 2. The van der Waals surface area contributed by atoms with E-state index in [1.54, 1.807) is 42.5 Å². The molecule has 2 N–H and O–H groups in total. The van der Waals surface area contributed by atoms with Gasteiger partial charge in [-0.25, -0.2) is 0 Å². The maximum Gasteiger partial charge on any atom is 0.255 e. The molecule has 0 saturated heterocycles. The number of hydrogen-bond acceptors (Lipinski definition) is 5. The minimum absolute atomic E-state index is 0.259. The zero-order valence-electron chi connectivity index (χ0n) is 20.5. The van der Waals surface area contributed by atoms with Crippen molar-refractivity contribution >= 4 is 58.2 Å². The van der Waals surface area contributed by atoms with Gasteiger partial charge in [-0.05, 0) is 60.2 Å². The lowest BCUT2D eigenvalue weighted by atomic mass is 10.1. The Balaban J connectivity index is 1.55. The van der Waals surface area contributed by atoms with Crippen LogP contribution in [-0.4, -0.2) is 26.0 Å². The van der Waals surface area contributed by atoms with Crippen molar-refractivity contribution in [1.29, 1.82) is 0 Å². The Bertz CT molecular complexity index is 1450. The lowest BCUT2D eigenvalue weighted by molar-refractivity contribution is -0.115. The van der Waals surface area contributed by atoms with Crippen molar-refractivity contribution in [3.8, 4) is 11.5 Å². The number of ether oxygens (including phenoxy) is 2. The number of nitrogens with one attached hydrogen (secondary N) is 2. The Morgan fingerprint density at radius 2 is 1.55 bits per heavy atom. The van der Waals surface area contributed by atoms with E-state index >= 15 is 0 Å². The number of benzene rings is 4. The quantitative estimate of drug-likeness (QED) is 0.203. The molecule has 0 aliphatic heterocycles. The number of hydrogen-bond donors (Lipinski definition) is 2. The molecule has 1 unspecified atom stereocenters. The molecule has 0 fully saturated rings. The van der Waals surface area contributed by atoms with Crippen LogP contribution in [0, 0.1) is 0 Å². The standard InChI is InChI=1S/C29H24Cl2N2O4S/c1-36-25-14-11-19(15-26(25)37-2)28(34)32-21-9-6-10-22(17-21)38-27(18-7-4-3-5-8-18)29(35)33-24-16-20(30)12-13-23(24)31/h3-17,27H,1-2H3,(H,32,34)(H,33,35). The minimum atomic E-state index is -0.594. The van der Waals surface area contributed by atoms with Gasteiger partial charge in [0.1, 0.15) is 5.25 Å². The van der Waals surface area contributed by atoms with Crippen molar-refractivity contribution in [2.24, 2.45) is 0 Å². The molecule has 4 rings (SSSR count). The summed E-state index contributed by atoms with van der Waals surface area (Å²) in [6, 6.07) is 26.6. The molecule has 6 nitrogen and oxygen atoms in total. The second kappa shape index (κ2) is 12.7. The van der Waals surface area contributed by atoms with Crippen molar-refractivity contribution in [3.05, 3.63) is 112 Å². The predicted octanol–water partition coefficient (Wildman–Crippen LogP) is 7.74. The Morgan fingerprint density at radius 1 is 0.789 bits per heavy atom. The Kier molecular flexibility index (Phi) is 9.18. The van der Waals surface area contributed by atoms with Gasteiger partial charge in [0.15, 0.2) is 11.5 Å². The first kappa shape index (κ1) is 27.4. The normalized spacial score (nSPS) is 11.4. The summed E-state index contributed by atoms with van der Waals surface area (Å²) < 4.78 is 10.5. The summed E-state index contributed by atoms with van der Waals surface area (Å²) in [6.45, 7) is 0. The van der Waals surface area contributed by atoms with E-state index in [0.717, 1.165) is 10.5 Å². The van der Waals surface area contributed by atoms with Crippen molar-refractivity contribution in [2.45, 2.75) is 10.1 Å². The molecule has 194 valence electrons. The van der Waals surface area contributed by atoms with Gasteiger partial charge in [-0.15, -0.1) is 11.8 Å². The smallest absolute Gasteiger partial charge is 0.255 e. The maximum absolute atomic E-state index is 13.4. The molecule has 0 aliphatic carbocycles. The van der Waals surface area contributed by atoms with Crippen LogP contribution in [0.2, 0.25) is 10.0 Å². The van der Waals surface area contributed by atoms with Gasteiger partial charge in [-0.3, -0.25) is 9.59 Å². The summed E-state index contributed by atoms with van der Waals surface area (Å²) in [4.78, 5) is 27.1. The molecule has 0 saturated carbocycles. The fourth-order valence-corrected chi connectivity index (χ4v) is 5.08. The first-order chi connectivity index (χ1) is 18.4. The Hall–Kier alpha value is -3.65. The molecule has 0 aliphatic rings. The van der Waals surface area contributed by atoms with E-state index in [2.05, 4.69) is 10.6 Å². The average molecular weight is 567 g/mol. The number of carbonyl (C=O) groups is 2. The highest BCUT2D eigenvalue weighted by Crippen LogP contribution is 2.38. The highest BCUT2D eigenvalue weighted by molar-refractivity contribution is 8.00. The SMILES string of the molecule is COc1ccc(C(=O)Nc2cccc(SC(C(=O)Nc3cc(Cl)ccc3Cl)c3ccccc3)c2)cc1OC. The molecular weight excluding hydrogens is 543 g/mol. The van der Waals surface area contributed by atoms with Crippen LogP contribution in [-0.2, 0) is 4.79 Å². The van der Waals surface area contributed by atoms with Gasteiger partial charge < -0.3 is 20.1 Å². The fraction of sp³-hybridized carbons (Fsp3) is 0.103. The van der Waals surface area contributed by atoms with Crippen LogP contribution < -0.4 is 20.1 Å². The zero-order chi connectivity index (χ0) is 27.1. The van der Waals surface area contributed by atoms with Crippen LogP contribution in [0.5, 0.6) is 11.5 Å². The van der Waals surface area contributed by atoms with Crippen molar-refractivity contribution in [2.75, 3.05) is 24.9 Å². The predicted molar refractivity (Wildman–Crippen MR) is 154 cm³/mol. The summed E-state index contributed by atoms with van der Waals surface area (Å²) in [5, 5.41) is 6.05. The van der Waals surface area contributed by atoms with E-state index in [1.807, 2.05) is 48.5 Å². The number of anilines is 2. The lowest BCUT2D eigenvalue weighted by Gasteiger charge is -2.18.